The summed E-state index contributed by atoms with van der Waals surface area (Å²) >= 11 is 1.77. The first-order chi connectivity index (χ1) is 9.74. The van der Waals surface area contributed by atoms with Crippen LogP contribution in [-0.4, -0.2) is 23.4 Å². The van der Waals surface area contributed by atoms with Gasteiger partial charge in [-0.3, -0.25) is 4.79 Å². The lowest BCUT2D eigenvalue weighted by molar-refractivity contribution is 0.0745. The summed E-state index contributed by atoms with van der Waals surface area (Å²) in [4.78, 5) is 16.1. The molecule has 2 nitrogen and oxygen atoms in total. The molecule has 1 heterocycles. The Hall–Kier alpha value is -1.61. The van der Waals surface area contributed by atoms with Gasteiger partial charge >= 0.3 is 0 Å². The van der Waals surface area contributed by atoms with Crippen molar-refractivity contribution in [3.8, 4) is 0 Å². The van der Waals surface area contributed by atoms with Crippen LogP contribution in [0, 0.1) is 6.92 Å². The summed E-state index contributed by atoms with van der Waals surface area (Å²) in [7, 11) is 0. The predicted molar refractivity (Wildman–Crippen MR) is 83.3 cm³/mol. The minimum Gasteiger partial charge on any atom is -0.335 e. The quantitative estimate of drug-likeness (QED) is 0.816. The first-order valence-corrected chi connectivity index (χ1v) is 8.02. The van der Waals surface area contributed by atoms with Crippen molar-refractivity contribution in [3.05, 3.63) is 57.8 Å². The molecule has 20 heavy (non-hydrogen) atoms. The zero-order valence-electron chi connectivity index (χ0n) is 11.7. The Labute approximate surface area is 124 Å². The van der Waals surface area contributed by atoms with E-state index in [9.17, 15) is 4.79 Å². The number of nitrogens with zero attached hydrogens (tertiary/aromatic N) is 1. The number of thiophene rings is 1. The standard InChI is InChI=1S/C17H19NOS/c1-13-4-2-5-14(12-13)17(19)18(15-7-8-15)10-9-16-6-3-11-20-16/h2-6,11-12,15H,7-10H2,1H3. The van der Waals surface area contributed by atoms with Crippen LogP contribution in [0.2, 0.25) is 0 Å². The largest absolute Gasteiger partial charge is 0.335 e. The molecule has 1 aliphatic rings. The van der Waals surface area contributed by atoms with Crippen LogP contribution in [0.4, 0.5) is 0 Å². The maximum atomic E-state index is 12.7. The van der Waals surface area contributed by atoms with Gasteiger partial charge in [-0.2, -0.15) is 0 Å². The summed E-state index contributed by atoms with van der Waals surface area (Å²) < 4.78 is 0. The van der Waals surface area contributed by atoms with Crippen LogP contribution in [0.15, 0.2) is 41.8 Å². The Balaban J connectivity index is 1.71. The van der Waals surface area contributed by atoms with E-state index in [1.165, 1.54) is 4.88 Å². The second kappa shape index (κ2) is 5.80. The van der Waals surface area contributed by atoms with Crippen LogP contribution in [0.25, 0.3) is 0 Å². The minimum atomic E-state index is 0.188. The number of rotatable bonds is 5. The van der Waals surface area contributed by atoms with E-state index in [1.807, 2.05) is 31.2 Å². The summed E-state index contributed by atoms with van der Waals surface area (Å²) in [5.74, 6) is 0.188. The molecule has 3 heteroatoms. The van der Waals surface area contributed by atoms with Gasteiger partial charge in [-0.05, 0) is 49.8 Å². The number of carbonyl (C=O) groups excluding carboxylic acids is 1. The van der Waals surface area contributed by atoms with Gasteiger partial charge in [-0.25, -0.2) is 0 Å². The van der Waals surface area contributed by atoms with E-state index < -0.39 is 0 Å². The normalized spacial score (nSPS) is 14.2. The van der Waals surface area contributed by atoms with Crippen molar-refractivity contribution in [3.63, 3.8) is 0 Å². The van der Waals surface area contributed by atoms with Gasteiger partial charge in [0, 0.05) is 23.0 Å². The average Bonchev–Trinajstić information content (AvgIpc) is 3.14. The van der Waals surface area contributed by atoms with E-state index in [2.05, 4.69) is 22.4 Å². The molecule has 0 N–H and O–H groups in total. The highest BCUT2D eigenvalue weighted by Gasteiger charge is 2.32. The van der Waals surface area contributed by atoms with Crippen LogP contribution < -0.4 is 0 Å². The zero-order chi connectivity index (χ0) is 13.9. The summed E-state index contributed by atoms with van der Waals surface area (Å²) in [5, 5.41) is 2.10. The van der Waals surface area contributed by atoms with Crippen molar-refractivity contribution in [2.24, 2.45) is 0 Å². The maximum absolute atomic E-state index is 12.7. The Morgan fingerprint density at radius 3 is 2.80 bits per heavy atom. The molecule has 1 aliphatic carbocycles. The van der Waals surface area contributed by atoms with Crippen molar-refractivity contribution in [2.45, 2.75) is 32.2 Å². The minimum absolute atomic E-state index is 0.188. The summed E-state index contributed by atoms with van der Waals surface area (Å²) in [5.41, 5.74) is 1.97. The highest BCUT2D eigenvalue weighted by Crippen LogP contribution is 2.29. The van der Waals surface area contributed by atoms with Gasteiger partial charge < -0.3 is 4.90 Å². The van der Waals surface area contributed by atoms with Gasteiger partial charge in [-0.1, -0.05) is 23.8 Å². The molecule has 104 valence electrons. The van der Waals surface area contributed by atoms with E-state index in [0.29, 0.717) is 6.04 Å². The van der Waals surface area contributed by atoms with Crippen molar-refractivity contribution < 1.29 is 4.79 Å². The first kappa shape index (κ1) is 13.4. The van der Waals surface area contributed by atoms with Crippen molar-refractivity contribution in [1.29, 1.82) is 0 Å². The van der Waals surface area contributed by atoms with Crippen LogP contribution >= 0.6 is 11.3 Å². The fourth-order valence-electron chi connectivity index (χ4n) is 2.47. The van der Waals surface area contributed by atoms with Gasteiger partial charge in [0.1, 0.15) is 0 Å². The third kappa shape index (κ3) is 3.10. The van der Waals surface area contributed by atoms with Crippen LogP contribution in [0.1, 0.15) is 33.6 Å². The molecule has 0 bridgehead atoms. The number of amides is 1. The SMILES string of the molecule is Cc1cccc(C(=O)N(CCc2cccs2)C2CC2)c1. The van der Waals surface area contributed by atoms with Gasteiger partial charge in [0.15, 0.2) is 0 Å². The van der Waals surface area contributed by atoms with Crippen LogP contribution in [0.5, 0.6) is 0 Å². The lowest BCUT2D eigenvalue weighted by Gasteiger charge is -2.22. The molecule has 2 aromatic rings. The first-order valence-electron chi connectivity index (χ1n) is 7.14. The van der Waals surface area contributed by atoms with Gasteiger partial charge in [0.25, 0.3) is 5.91 Å². The summed E-state index contributed by atoms with van der Waals surface area (Å²) in [6, 6.07) is 12.6. The van der Waals surface area contributed by atoms with Crippen molar-refractivity contribution in [2.75, 3.05) is 6.54 Å². The van der Waals surface area contributed by atoms with Gasteiger partial charge in [-0.15, -0.1) is 11.3 Å². The monoisotopic (exact) mass is 285 g/mol. The summed E-state index contributed by atoms with van der Waals surface area (Å²) in [6.45, 7) is 2.86. The number of aryl methyl sites for hydroxylation is 1. The molecule has 3 rings (SSSR count). The maximum Gasteiger partial charge on any atom is 0.254 e. The third-order valence-corrected chi connectivity index (χ3v) is 4.63. The predicted octanol–water partition coefficient (Wildman–Crippen LogP) is 3.90. The molecular weight excluding hydrogens is 266 g/mol. The molecular formula is C17H19NOS. The average molecular weight is 285 g/mol. The highest BCUT2D eigenvalue weighted by atomic mass is 32.1. The Morgan fingerprint density at radius 2 is 2.15 bits per heavy atom. The molecule has 0 unspecified atom stereocenters. The number of carbonyl (C=O) groups is 1. The number of hydrogen-bond acceptors (Lipinski definition) is 2. The third-order valence-electron chi connectivity index (χ3n) is 3.69. The Morgan fingerprint density at radius 1 is 1.30 bits per heavy atom. The van der Waals surface area contributed by atoms with Crippen molar-refractivity contribution in [1.82, 2.24) is 4.90 Å². The summed E-state index contributed by atoms with van der Waals surface area (Å²) in [6.07, 6.45) is 3.27. The number of benzene rings is 1. The van der Waals surface area contributed by atoms with E-state index in [4.69, 9.17) is 0 Å². The molecule has 0 saturated heterocycles. The lowest BCUT2D eigenvalue weighted by Crippen LogP contribution is -2.34. The fourth-order valence-corrected chi connectivity index (χ4v) is 3.16. The molecule has 0 spiro atoms. The van der Waals surface area contributed by atoms with Gasteiger partial charge in [0.2, 0.25) is 0 Å². The molecule has 1 aromatic carbocycles. The Bertz CT molecular complexity index is 587. The van der Waals surface area contributed by atoms with Crippen LogP contribution in [-0.2, 0) is 6.42 Å². The smallest absolute Gasteiger partial charge is 0.254 e. The molecule has 0 radical (unpaired) electrons. The van der Waals surface area contributed by atoms with E-state index >= 15 is 0 Å². The topological polar surface area (TPSA) is 20.3 Å². The van der Waals surface area contributed by atoms with Gasteiger partial charge in [0.05, 0.1) is 0 Å². The second-order valence-corrected chi connectivity index (χ2v) is 6.46. The van der Waals surface area contributed by atoms with E-state index in [-0.39, 0.29) is 5.91 Å². The molecule has 0 aliphatic heterocycles. The molecule has 0 atom stereocenters. The highest BCUT2D eigenvalue weighted by molar-refractivity contribution is 7.09. The lowest BCUT2D eigenvalue weighted by atomic mass is 10.1. The van der Waals surface area contributed by atoms with E-state index in [0.717, 1.165) is 36.9 Å². The van der Waals surface area contributed by atoms with E-state index in [1.54, 1.807) is 11.3 Å². The molecule has 1 saturated carbocycles. The van der Waals surface area contributed by atoms with Crippen molar-refractivity contribution >= 4 is 17.2 Å². The number of hydrogen-bond donors (Lipinski definition) is 0. The second-order valence-electron chi connectivity index (χ2n) is 5.43. The molecule has 1 fully saturated rings. The zero-order valence-corrected chi connectivity index (χ0v) is 12.5. The molecule has 1 amide bonds. The fraction of sp³-hybridized carbons (Fsp3) is 0.353. The Kier molecular flexibility index (Phi) is 3.88. The van der Waals surface area contributed by atoms with Crippen LogP contribution in [0.3, 0.4) is 0 Å². The molecule has 1 aromatic heterocycles.